The Balaban J connectivity index is 2.65. The molecule has 0 aromatic heterocycles. The van der Waals surface area contributed by atoms with Crippen LogP contribution in [0.15, 0.2) is 24.3 Å². The minimum Gasteiger partial charge on any atom is -0.380 e. The number of benzene rings is 1. The molecule has 1 aromatic carbocycles. The second kappa shape index (κ2) is 5.80. The number of ether oxygens (including phenoxy) is 1. The molecule has 3 N–H and O–H groups in total. The maximum atomic E-state index is 11.8. The number of hydrogen-bond acceptors (Lipinski definition) is 3. The molecule has 0 unspecified atom stereocenters. The van der Waals surface area contributed by atoms with Gasteiger partial charge in [0, 0.05) is 24.8 Å². The number of methoxy groups -OCH3 is 1. The molecule has 0 aliphatic carbocycles. The van der Waals surface area contributed by atoms with E-state index in [0.717, 1.165) is 5.56 Å². The molecule has 17 heavy (non-hydrogen) atoms. The van der Waals surface area contributed by atoms with E-state index in [-0.39, 0.29) is 5.91 Å². The third kappa shape index (κ3) is 4.97. The Labute approximate surface area is 102 Å². The van der Waals surface area contributed by atoms with Crippen molar-refractivity contribution < 1.29 is 9.53 Å². The second-order valence-electron chi connectivity index (χ2n) is 4.80. The molecular weight excluding hydrogens is 216 g/mol. The zero-order chi connectivity index (χ0) is 12.9. The van der Waals surface area contributed by atoms with Crippen LogP contribution >= 0.6 is 0 Å². The van der Waals surface area contributed by atoms with Crippen molar-refractivity contribution in [3.63, 3.8) is 0 Å². The van der Waals surface area contributed by atoms with Crippen molar-refractivity contribution in [1.29, 1.82) is 0 Å². The molecule has 0 saturated carbocycles. The quantitative estimate of drug-likeness (QED) is 0.810. The number of carbonyl (C=O) groups is 1. The van der Waals surface area contributed by atoms with Gasteiger partial charge >= 0.3 is 0 Å². The van der Waals surface area contributed by atoms with Crippen molar-refractivity contribution >= 4 is 5.91 Å². The smallest absolute Gasteiger partial charge is 0.251 e. The summed E-state index contributed by atoms with van der Waals surface area (Å²) in [6.07, 6.45) is 0. The molecule has 0 radical (unpaired) electrons. The largest absolute Gasteiger partial charge is 0.380 e. The summed E-state index contributed by atoms with van der Waals surface area (Å²) in [6, 6.07) is 7.37. The first kappa shape index (κ1) is 13.7. The lowest BCUT2D eigenvalue weighted by molar-refractivity contribution is 0.0945. The fourth-order valence-electron chi connectivity index (χ4n) is 1.38. The highest BCUT2D eigenvalue weighted by molar-refractivity contribution is 5.94. The van der Waals surface area contributed by atoms with Gasteiger partial charge in [-0.1, -0.05) is 12.1 Å². The molecule has 1 rings (SSSR count). The van der Waals surface area contributed by atoms with Crippen LogP contribution in [-0.4, -0.2) is 25.1 Å². The molecule has 94 valence electrons. The van der Waals surface area contributed by atoms with Crippen molar-refractivity contribution in [1.82, 2.24) is 5.32 Å². The third-order valence-electron chi connectivity index (χ3n) is 2.20. The summed E-state index contributed by atoms with van der Waals surface area (Å²) in [6.45, 7) is 4.69. The first-order valence-electron chi connectivity index (χ1n) is 5.57. The molecule has 0 atom stereocenters. The van der Waals surface area contributed by atoms with Gasteiger partial charge in [-0.05, 0) is 31.5 Å². The first-order valence-corrected chi connectivity index (χ1v) is 5.57. The number of carbonyl (C=O) groups excluding carboxylic acids is 1. The van der Waals surface area contributed by atoms with Crippen LogP contribution in [0.1, 0.15) is 29.8 Å². The Morgan fingerprint density at radius 3 is 2.76 bits per heavy atom. The highest BCUT2D eigenvalue weighted by Crippen LogP contribution is 2.06. The van der Waals surface area contributed by atoms with E-state index in [0.29, 0.717) is 18.7 Å². The van der Waals surface area contributed by atoms with Crippen LogP contribution in [0.25, 0.3) is 0 Å². The number of amides is 1. The molecule has 4 nitrogen and oxygen atoms in total. The third-order valence-corrected chi connectivity index (χ3v) is 2.20. The van der Waals surface area contributed by atoms with Gasteiger partial charge in [-0.3, -0.25) is 4.79 Å². The van der Waals surface area contributed by atoms with E-state index in [1.54, 1.807) is 13.2 Å². The van der Waals surface area contributed by atoms with E-state index < -0.39 is 5.54 Å². The normalized spacial score (nSPS) is 11.3. The average molecular weight is 236 g/mol. The monoisotopic (exact) mass is 236 g/mol. The van der Waals surface area contributed by atoms with Gasteiger partial charge in [0.05, 0.1) is 6.61 Å². The summed E-state index contributed by atoms with van der Waals surface area (Å²) >= 11 is 0. The molecule has 0 heterocycles. The highest BCUT2D eigenvalue weighted by atomic mass is 16.5. The minimum atomic E-state index is -0.403. The lowest BCUT2D eigenvalue weighted by atomic mass is 10.1. The minimum absolute atomic E-state index is 0.110. The lowest BCUT2D eigenvalue weighted by Crippen LogP contribution is -2.45. The highest BCUT2D eigenvalue weighted by Gasteiger charge is 2.13. The molecule has 0 aliphatic heterocycles. The molecule has 1 aromatic rings. The van der Waals surface area contributed by atoms with E-state index in [1.165, 1.54) is 0 Å². The van der Waals surface area contributed by atoms with E-state index in [9.17, 15) is 4.79 Å². The van der Waals surface area contributed by atoms with Crippen LogP contribution in [0.2, 0.25) is 0 Å². The number of nitrogens with one attached hydrogen (secondary N) is 1. The Morgan fingerprint density at radius 2 is 2.18 bits per heavy atom. The fraction of sp³-hybridized carbons (Fsp3) is 0.462. The van der Waals surface area contributed by atoms with E-state index in [2.05, 4.69) is 5.32 Å². The number of hydrogen-bond donors (Lipinski definition) is 2. The summed E-state index contributed by atoms with van der Waals surface area (Å²) < 4.78 is 5.03. The van der Waals surface area contributed by atoms with Crippen molar-refractivity contribution in [3.8, 4) is 0 Å². The molecular formula is C13H20N2O2. The van der Waals surface area contributed by atoms with Gasteiger partial charge in [0.1, 0.15) is 0 Å². The van der Waals surface area contributed by atoms with Gasteiger partial charge < -0.3 is 15.8 Å². The molecule has 1 amide bonds. The van der Waals surface area contributed by atoms with Gasteiger partial charge in [-0.15, -0.1) is 0 Å². The van der Waals surface area contributed by atoms with Gasteiger partial charge in [0.2, 0.25) is 0 Å². The fourth-order valence-corrected chi connectivity index (χ4v) is 1.38. The van der Waals surface area contributed by atoms with Crippen molar-refractivity contribution in [3.05, 3.63) is 35.4 Å². The maximum Gasteiger partial charge on any atom is 0.251 e. The zero-order valence-electron chi connectivity index (χ0n) is 10.6. The van der Waals surface area contributed by atoms with E-state index >= 15 is 0 Å². The van der Waals surface area contributed by atoms with Crippen LogP contribution in [0.4, 0.5) is 0 Å². The predicted molar refractivity (Wildman–Crippen MR) is 67.8 cm³/mol. The molecule has 0 saturated heterocycles. The Morgan fingerprint density at radius 1 is 1.47 bits per heavy atom. The van der Waals surface area contributed by atoms with Gasteiger partial charge in [-0.25, -0.2) is 0 Å². The molecule has 0 fully saturated rings. The summed E-state index contributed by atoms with van der Waals surface area (Å²) in [5.74, 6) is -0.110. The van der Waals surface area contributed by atoms with Crippen LogP contribution in [0.3, 0.4) is 0 Å². The summed E-state index contributed by atoms with van der Waals surface area (Å²) in [5, 5.41) is 2.80. The average Bonchev–Trinajstić information content (AvgIpc) is 2.26. The van der Waals surface area contributed by atoms with Crippen LogP contribution < -0.4 is 11.1 Å². The Bertz CT molecular complexity index is 383. The van der Waals surface area contributed by atoms with E-state index in [4.69, 9.17) is 10.5 Å². The van der Waals surface area contributed by atoms with Crippen LogP contribution in [0.5, 0.6) is 0 Å². The number of nitrogens with two attached hydrogens (primary N) is 1. The Hall–Kier alpha value is -1.39. The molecule has 0 spiro atoms. The van der Waals surface area contributed by atoms with Crippen molar-refractivity contribution in [2.24, 2.45) is 5.73 Å². The lowest BCUT2D eigenvalue weighted by Gasteiger charge is -2.18. The summed E-state index contributed by atoms with van der Waals surface area (Å²) in [4.78, 5) is 11.8. The number of rotatable bonds is 5. The molecule has 0 bridgehead atoms. The predicted octanol–water partition coefficient (Wildman–Crippen LogP) is 1.30. The van der Waals surface area contributed by atoms with Crippen molar-refractivity contribution in [2.45, 2.75) is 26.0 Å². The first-order chi connectivity index (χ1) is 7.92. The SMILES string of the molecule is COCc1cccc(C(=O)NCC(C)(C)N)c1. The standard InChI is InChI=1S/C13H20N2O2/c1-13(2,14)9-15-12(16)11-6-4-5-10(7-11)8-17-3/h4-7H,8-9,14H2,1-3H3,(H,15,16). The van der Waals surface area contributed by atoms with Crippen molar-refractivity contribution in [2.75, 3.05) is 13.7 Å². The van der Waals surface area contributed by atoms with Gasteiger partial charge in [0.15, 0.2) is 0 Å². The zero-order valence-corrected chi connectivity index (χ0v) is 10.6. The Kier molecular flexibility index (Phi) is 4.66. The van der Waals surface area contributed by atoms with Crippen LogP contribution in [0, 0.1) is 0 Å². The summed E-state index contributed by atoms with van der Waals surface area (Å²) in [7, 11) is 1.63. The summed E-state index contributed by atoms with van der Waals surface area (Å²) in [5.41, 5.74) is 7.01. The van der Waals surface area contributed by atoms with E-state index in [1.807, 2.05) is 32.0 Å². The second-order valence-corrected chi connectivity index (χ2v) is 4.80. The molecule has 0 aliphatic rings. The topological polar surface area (TPSA) is 64.3 Å². The van der Waals surface area contributed by atoms with Gasteiger partial charge in [-0.2, -0.15) is 0 Å². The van der Waals surface area contributed by atoms with Crippen LogP contribution in [-0.2, 0) is 11.3 Å². The maximum absolute atomic E-state index is 11.8. The molecule has 4 heteroatoms. The van der Waals surface area contributed by atoms with Gasteiger partial charge in [0.25, 0.3) is 5.91 Å².